The first kappa shape index (κ1) is 9.72. The summed E-state index contributed by atoms with van der Waals surface area (Å²) in [5.74, 6) is 0. The fraction of sp³-hybridized carbons (Fsp3) is 0.538. The van der Waals surface area contributed by atoms with Crippen molar-refractivity contribution in [2.24, 2.45) is 11.1 Å². The molecular formula is C13H19N. The van der Waals surface area contributed by atoms with E-state index in [1.807, 2.05) is 0 Å². The summed E-state index contributed by atoms with van der Waals surface area (Å²) < 4.78 is 0. The summed E-state index contributed by atoms with van der Waals surface area (Å²) in [5, 5.41) is 0. The molecule has 1 aliphatic carbocycles. The molecule has 2 atom stereocenters. The molecule has 1 aliphatic rings. The second-order valence-electron chi connectivity index (χ2n) is 5.19. The smallest absolute Gasteiger partial charge is 0.0158 e. The fourth-order valence-electron chi connectivity index (χ4n) is 2.92. The van der Waals surface area contributed by atoms with E-state index in [0.29, 0.717) is 5.41 Å². The molecular weight excluding hydrogens is 170 g/mol. The molecule has 14 heavy (non-hydrogen) atoms. The Bertz CT molecular complexity index is 326. The predicted octanol–water partition coefficient (Wildman–Crippen LogP) is 2.70. The zero-order chi connectivity index (χ0) is 10.4. The molecule has 1 saturated carbocycles. The van der Waals surface area contributed by atoms with Crippen LogP contribution >= 0.6 is 0 Å². The Hall–Kier alpha value is -0.820. The monoisotopic (exact) mass is 189 g/mol. The van der Waals surface area contributed by atoms with Crippen LogP contribution in [-0.2, 0) is 5.41 Å². The van der Waals surface area contributed by atoms with Gasteiger partial charge in [-0.25, -0.2) is 0 Å². The second-order valence-corrected chi connectivity index (χ2v) is 5.19. The number of hydrogen-bond donors (Lipinski definition) is 1. The van der Waals surface area contributed by atoms with Crippen LogP contribution in [0.3, 0.4) is 0 Å². The van der Waals surface area contributed by atoms with Crippen molar-refractivity contribution in [1.82, 2.24) is 0 Å². The van der Waals surface area contributed by atoms with Crippen molar-refractivity contribution in [3.05, 3.63) is 35.9 Å². The molecule has 1 aromatic rings. The molecule has 2 unspecified atom stereocenters. The third-order valence-electron chi connectivity index (χ3n) is 3.87. The van der Waals surface area contributed by atoms with E-state index in [-0.39, 0.29) is 11.5 Å². The highest BCUT2D eigenvalue weighted by Gasteiger charge is 2.63. The van der Waals surface area contributed by atoms with E-state index in [4.69, 9.17) is 5.73 Å². The van der Waals surface area contributed by atoms with E-state index in [2.05, 4.69) is 51.1 Å². The molecule has 2 N–H and O–H groups in total. The van der Waals surface area contributed by atoms with E-state index in [1.54, 1.807) is 0 Å². The standard InChI is InChI=1S/C13H19N/c1-10(14)13(9-12(13,2)3)11-7-5-4-6-8-11/h4-8,10H,9,14H2,1-3H3. The summed E-state index contributed by atoms with van der Waals surface area (Å²) in [7, 11) is 0. The number of nitrogens with two attached hydrogens (primary N) is 1. The van der Waals surface area contributed by atoms with Gasteiger partial charge in [-0.1, -0.05) is 44.2 Å². The minimum absolute atomic E-state index is 0.217. The van der Waals surface area contributed by atoms with Crippen molar-refractivity contribution >= 4 is 0 Å². The number of hydrogen-bond acceptors (Lipinski definition) is 1. The Balaban J connectivity index is 2.42. The molecule has 1 fully saturated rings. The molecule has 1 heteroatoms. The zero-order valence-electron chi connectivity index (χ0n) is 9.25. The highest BCUT2D eigenvalue weighted by molar-refractivity contribution is 5.39. The van der Waals surface area contributed by atoms with E-state index in [1.165, 1.54) is 12.0 Å². The predicted molar refractivity (Wildman–Crippen MR) is 60.2 cm³/mol. The molecule has 0 amide bonds. The number of rotatable bonds is 2. The maximum Gasteiger partial charge on any atom is 0.0158 e. The van der Waals surface area contributed by atoms with Crippen LogP contribution in [0.25, 0.3) is 0 Å². The maximum absolute atomic E-state index is 6.14. The molecule has 1 nitrogen and oxygen atoms in total. The van der Waals surface area contributed by atoms with Crippen LogP contribution in [0.5, 0.6) is 0 Å². The van der Waals surface area contributed by atoms with Crippen LogP contribution in [0.15, 0.2) is 30.3 Å². The van der Waals surface area contributed by atoms with Crippen molar-refractivity contribution in [2.45, 2.75) is 38.6 Å². The average molecular weight is 189 g/mol. The van der Waals surface area contributed by atoms with Gasteiger partial charge in [0.25, 0.3) is 0 Å². The molecule has 2 rings (SSSR count). The van der Waals surface area contributed by atoms with Gasteiger partial charge in [-0.15, -0.1) is 0 Å². The molecule has 0 aromatic heterocycles. The van der Waals surface area contributed by atoms with Gasteiger partial charge in [-0.05, 0) is 24.3 Å². The lowest BCUT2D eigenvalue weighted by Crippen LogP contribution is -2.35. The molecule has 0 bridgehead atoms. The van der Waals surface area contributed by atoms with E-state index in [9.17, 15) is 0 Å². The lowest BCUT2D eigenvalue weighted by Gasteiger charge is -2.25. The molecule has 1 aromatic carbocycles. The normalized spacial score (nSPS) is 31.1. The van der Waals surface area contributed by atoms with Crippen LogP contribution < -0.4 is 5.73 Å². The van der Waals surface area contributed by atoms with Gasteiger partial charge in [-0.3, -0.25) is 0 Å². The summed E-state index contributed by atoms with van der Waals surface area (Å²) in [5.41, 5.74) is 8.12. The van der Waals surface area contributed by atoms with Crippen molar-refractivity contribution in [3.8, 4) is 0 Å². The first-order chi connectivity index (χ1) is 6.51. The first-order valence-electron chi connectivity index (χ1n) is 5.32. The van der Waals surface area contributed by atoms with Crippen LogP contribution in [0.4, 0.5) is 0 Å². The van der Waals surface area contributed by atoms with Crippen molar-refractivity contribution in [1.29, 1.82) is 0 Å². The quantitative estimate of drug-likeness (QED) is 0.760. The van der Waals surface area contributed by atoms with Crippen LogP contribution in [-0.4, -0.2) is 6.04 Å². The van der Waals surface area contributed by atoms with Crippen LogP contribution in [0.1, 0.15) is 32.8 Å². The summed E-state index contributed by atoms with van der Waals surface area (Å²) in [6.45, 7) is 6.74. The van der Waals surface area contributed by atoms with Crippen LogP contribution in [0.2, 0.25) is 0 Å². The molecule has 0 heterocycles. The van der Waals surface area contributed by atoms with E-state index < -0.39 is 0 Å². The summed E-state index contributed by atoms with van der Waals surface area (Å²) >= 11 is 0. The van der Waals surface area contributed by atoms with Gasteiger partial charge >= 0.3 is 0 Å². The van der Waals surface area contributed by atoms with Crippen molar-refractivity contribution in [3.63, 3.8) is 0 Å². The first-order valence-corrected chi connectivity index (χ1v) is 5.32. The minimum atomic E-state index is 0.217. The molecule has 0 radical (unpaired) electrons. The summed E-state index contributed by atoms with van der Waals surface area (Å²) in [4.78, 5) is 0. The van der Waals surface area contributed by atoms with Gasteiger partial charge in [0, 0.05) is 11.5 Å². The third kappa shape index (κ3) is 1.12. The molecule has 0 aliphatic heterocycles. The highest BCUT2D eigenvalue weighted by atomic mass is 14.8. The van der Waals surface area contributed by atoms with Gasteiger partial charge < -0.3 is 5.73 Å². The van der Waals surface area contributed by atoms with Gasteiger partial charge in [0.05, 0.1) is 0 Å². The van der Waals surface area contributed by atoms with Gasteiger partial charge in [0.1, 0.15) is 0 Å². The maximum atomic E-state index is 6.14. The minimum Gasteiger partial charge on any atom is -0.327 e. The van der Waals surface area contributed by atoms with Crippen LogP contribution in [0, 0.1) is 5.41 Å². The average Bonchev–Trinajstić information content (AvgIpc) is 2.72. The largest absolute Gasteiger partial charge is 0.327 e. The Labute approximate surface area is 86.3 Å². The fourth-order valence-corrected chi connectivity index (χ4v) is 2.92. The van der Waals surface area contributed by atoms with E-state index in [0.717, 1.165) is 0 Å². The Morgan fingerprint density at radius 2 is 1.71 bits per heavy atom. The second kappa shape index (κ2) is 2.83. The highest BCUT2D eigenvalue weighted by Crippen LogP contribution is 2.65. The zero-order valence-corrected chi connectivity index (χ0v) is 9.25. The van der Waals surface area contributed by atoms with Crippen molar-refractivity contribution in [2.75, 3.05) is 0 Å². The molecule has 0 saturated heterocycles. The Morgan fingerprint density at radius 1 is 1.21 bits per heavy atom. The van der Waals surface area contributed by atoms with E-state index >= 15 is 0 Å². The summed E-state index contributed by atoms with van der Waals surface area (Å²) in [6, 6.07) is 10.9. The van der Waals surface area contributed by atoms with Gasteiger partial charge in [0.2, 0.25) is 0 Å². The molecule has 76 valence electrons. The summed E-state index contributed by atoms with van der Waals surface area (Å²) in [6.07, 6.45) is 1.21. The lowest BCUT2D eigenvalue weighted by molar-refractivity contribution is 0.434. The van der Waals surface area contributed by atoms with Gasteiger partial charge in [0.15, 0.2) is 0 Å². The Morgan fingerprint density at radius 3 is 2.07 bits per heavy atom. The SMILES string of the molecule is CC(N)C1(c2ccccc2)CC1(C)C. The molecule has 0 spiro atoms. The van der Waals surface area contributed by atoms with Gasteiger partial charge in [-0.2, -0.15) is 0 Å². The Kier molecular flexibility index (Phi) is 1.97. The third-order valence-corrected chi connectivity index (χ3v) is 3.87. The number of benzene rings is 1. The van der Waals surface area contributed by atoms with Crippen molar-refractivity contribution < 1.29 is 0 Å². The lowest BCUT2D eigenvalue weighted by atomic mass is 9.82. The topological polar surface area (TPSA) is 26.0 Å².